The lowest BCUT2D eigenvalue weighted by Crippen LogP contribution is -2.23. The maximum Gasteiger partial charge on any atom is 0.255 e. The molecule has 7 heteroatoms. The van der Waals surface area contributed by atoms with Crippen molar-refractivity contribution in [2.75, 3.05) is 10.6 Å². The van der Waals surface area contributed by atoms with Gasteiger partial charge >= 0.3 is 0 Å². The van der Waals surface area contributed by atoms with Crippen LogP contribution in [0.15, 0.2) is 72.8 Å². The van der Waals surface area contributed by atoms with E-state index in [2.05, 4.69) is 20.6 Å². The van der Waals surface area contributed by atoms with Crippen molar-refractivity contribution < 1.29 is 14.4 Å². The second-order valence-corrected chi connectivity index (χ2v) is 8.07. The van der Waals surface area contributed by atoms with E-state index in [0.717, 1.165) is 11.4 Å². The number of aryl methyl sites for hydroxylation is 2. The summed E-state index contributed by atoms with van der Waals surface area (Å²) >= 11 is 0. The van der Waals surface area contributed by atoms with Gasteiger partial charge in [-0.25, -0.2) is 9.97 Å². The zero-order chi connectivity index (χ0) is 23.8. The molecule has 1 amide bonds. The maximum atomic E-state index is 13.2. The lowest BCUT2D eigenvalue weighted by Gasteiger charge is -2.20. The minimum absolute atomic E-state index is 0.206. The highest BCUT2D eigenvalue weighted by molar-refractivity contribution is 6.30. The first-order chi connectivity index (χ1) is 16.4. The standard InChI is InChI=1S/C27H20N4O3/c1-15-13-16(2)29-27(28-15)30-18-8-5-7-17(14-18)26(34)31-22-12-6-11-21-23(22)25(33)20-10-4-3-9-19(20)24(21)32/h3-14H,1-2H3,(H,31,34)(H,28,29,30). The molecule has 0 spiro atoms. The first-order valence-electron chi connectivity index (χ1n) is 10.7. The molecule has 5 rings (SSSR count). The SMILES string of the molecule is Cc1cc(C)nc(Nc2cccc(C(=O)Nc3cccc4c3C(=O)c3ccccc3C4=O)c2)n1. The van der Waals surface area contributed by atoms with Gasteiger partial charge in [0.1, 0.15) is 0 Å². The zero-order valence-corrected chi connectivity index (χ0v) is 18.5. The molecular weight excluding hydrogens is 428 g/mol. The molecule has 4 aromatic rings. The monoisotopic (exact) mass is 448 g/mol. The van der Waals surface area contributed by atoms with Gasteiger partial charge in [-0.15, -0.1) is 0 Å². The minimum Gasteiger partial charge on any atom is -0.324 e. The normalized spacial score (nSPS) is 12.1. The van der Waals surface area contributed by atoms with Crippen LogP contribution in [0.25, 0.3) is 0 Å². The van der Waals surface area contributed by atoms with Crippen LogP contribution in [0.2, 0.25) is 0 Å². The highest BCUT2D eigenvalue weighted by atomic mass is 16.2. The topological polar surface area (TPSA) is 101 Å². The van der Waals surface area contributed by atoms with E-state index in [-0.39, 0.29) is 22.7 Å². The fourth-order valence-electron chi connectivity index (χ4n) is 4.09. The van der Waals surface area contributed by atoms with Gasteiger partial charge < -0.3 is 10.6 Å². The van der Waals surface area contributed by atoms with E-state index in [0.29, 0.717) is 34.0 Å². The number of anilines is 3. The third kappa shape index (κ3) is 3.84. The molecule has 1 heterocycles. The van der Waals surface area contributed by atoms with Crippen molar-refractivity contribution in [3.63, 3.8) is 0 Å². The van der Waals surface area contributed by atoms with Crippen LogP contribution in [0.5, 0.6) is 0 Å². The summed E-state index contributed by atoms with van der Waals surface area (Å²) in [5.74, 6) is -0.489. The Morgan fingerprint density at radius 2 is 1.38 bits per heavy atom. The number of aromatic nitrogens is 2. The Morgan fingerprint density at radius 3 is 2.12 bits per heavy atom. The van der Waals surface area contributed by atoms with Crippen molar-refractivity contribution in [2.45, 2.75) is 13.8 Å². The Morgan fingerprint density at radius 1 is 0.735 bits per heavy atom. The number of ketones is 2. The molecule has 1 aliphatic carbocycles. The maximum absolute atomic E-state index is 13.2. The van der Waals surface area contributed by atoms with Crippen LogP contribution in [-0.4, -0.2) is 27.4 Å². The largest absolute Gasteiger partial charge is 0.324 e. The van der Waals surface area contributed by atoms with Crippen molar-refractivity contribution in [3.8, 4) is 0 Å². The van der Waals surface area contributed by atoms with Gasteiger partial charge in [0.2, 0.25) is 5.95 Å². The molecule has 34 heavy (non-hydrogen) atoms. The number of hydrogen-bond acceptors (Lipinski definition) is 6. The summed E-state index contributed by atoms with van der Waals surface area (Å²) in [6.07, 6.45) is 0. The lowest BCUT2D eigenvalue weighted by atomic mass is 9.83. The summed E-state index contributed by atoms with van der Waals surface area (Å²) in [5.41, 5.74) is 4.18. The summed E-state index contributed by atoms with van der Waals surface area (Å²) in [6, 6.07) is 20.4. The predicted molar refractivity (Wildman–Crippen MR) is 129 cm³/mol. The van der Waals surface area contributed by atoms with Gasteiger partial charge in [0, 0.05) is 39.3 Å². The average Bonchev–Trinajstić information content (AvgIpc) is 2.82. The number of benzene rings is 3. The Kier molecular flexibility index (Phi) is 5.22. The Balaban J connectivity index is 1.43. The number of carbonyl (C=O) groups excluding carboxylic acids is 3. The number of nitrogens with one attached hydrogen (secondary N) is 2. The van der Waals surface area contributed by atoms with Gasteiger partial charge in [0.15, 0.2) is 11.6 Å². The quantitative estimate of drug-likeness (QED) is 0.407. The van der Waals surface area contributed by atoms with Gasteiger partial charge in [-0.05, 0) is 44.2 Å². The minimum atomic E-state index is -0.405. The first-order valence-corrected chi connectivity index (χ1v) is 10.7. The molecule has 0 saturated carbocycles. The van der Waals surface area contributed by atoms with Crippen molar-refractivity contribution in [1.29, 1.82) is 0 Å². The van der Waals surface area contributed by atoms with E-state index in [1.165, 1.54) is 0 Å². The van der Waals surface area contributed by atoms with Crippen LogP contribution in [0, 0.1) is 13.8 Å². The van der Waals surface area contributed by atoms with Crippen LogP contribution in [0.4, 0.5) is 17.3 Å². The van der Waals surface area contributed by atoms with Crippen molar-refractivity contribution in [1.82, 2.24) is 9.97 Å². The smallest absolute Gasteiger partial charge is 0.255 e. The highest BCUT2D eigenvalue weighted by Gasteiger charge is 2.31. The fourth-order valence-corrected chi connectivity index (χ4v) is 4.09. The molecule has 0 saturated heterocycles. The Hall–Kier alpha value is -4.65. The predicted octanol–water partition coefficient (Wildman–Crippen LogP) is 4.86. The third-order valence-electron chi connectivity index (χ3n) is 5.56. The number of fused-ring (bicyclic) bond motifs is 2. The molecule has 7 nitrogen and oxygen atoms in total. The van der Waals surface area contributed by atoms with Gasteiger partial charge in [-0.3, -0.25) is 14.4 Å². The lowest BCUT2D eigenvalue weighted by molar-refractivity contribution is 0.0978. The van der Waals surface area contributed by atoms with E-state index in [1.54, 1.807) is 66.7 Å². The van der Waals surface area contributed by atoms with Crippen molar-refractivity contribution in [2.24, 2.45) is 0 Å². The van der Waals surface area contributed by atoms with Gasteiger partial charge in [-0.2, -0.15) is 0 Å². The molecule has 0 fully saturated rings. The van der Waals surface area contributed by atoms with Crippen LogP contribution in [0.3, 0.4) is 0 Å². The summed E-state index contributed by atoms with van der Waals surface area (Å²) in [6.45, 7) is 3.77. The van der Waals surface area contributed by atoms with E-state index >= 15 is 0 Å². The summed E-state index contributed by atoms with van der Waals surface area (Å²) < 4.78 is 0. The van der Waals surface area contributed by atoms with E-state index in [1.807, 2.05) is 19.9 Å². The van der Waals surface area contributed by atoms with Gasteiger partial charge in [0.05, 0.1) is 11.3 Å². The molecule has 0 radical (unpaired) electrons. The molecule has 166 valence electrons. The fraction of sp³-hybridized carbons (Fsp3) is 0.0741. The number of carbonyl (C=O) groups is 3. The summed E-state index contributed by atoms with van der Waals surface area (Å²) in [5, 5.41) is 5.92. The summed E-state index contributed by atoms with van der Waals surface area (Å²) in [7, 11) is 0. The molecule has 0 atom stereocenters. The molecule has 0 aliphatic heterocycles. The van der Waals surface area contributed by atoms with E-state index < -0.39 is 5.91 Å². The second-order valence-electron chi connectivity index (χ2n) is 8.07. The van der Waals surface area contributed by atoms with E-state index in [4.69, 9.17) is 0 Å². The molecular formula is C27H20N4O3. The van der Waals surface area contributed by atoms with Crippen LogP contribution < -0.4 is 10.6 Å². The molecule has 0 bridgehead atoms. The Labute approximate surface area is 195 Å². The first kappa shape index (κ1) is 21.2. The van der Waals surface area contributed by atoms with Crippen LogP contribution >= 0.6 is 0 Å². The molecule has 0 unspecified atom stereocenters. The second kappa shape index (κ2) is 8.37. The third-order valence-corrected chi connectivity index (χ3v) is 5.56. The summed E-state index contributed by atoms with van der Waals surface area (Å²) in [4.78, 5) is 47.9. The average molecular weight is 448 g/mol. The zero-order valence-electron chi connectivity index (χ0n) is 18.5. The van der Waals surface area contributed by atoms with Crippen molar-refractivity contribution >= 4 is 34.8 Å². The molecule has 1 aliphatic rings. The number of rotatable bonds is 4. The highest BCUT2D eigenvalue weighted by Crippen LogP contribution is 2.32. The van der Waals surface area contributed by atoms with E-state index in [9.17, 15) is 14.4 Å². The molecule has 3 aromatic carbocycles. The molecule has 2 N–H and O–H groups in total. The number of hydrogen-bond donors (Lipinski definition) is 2. The molecule has 1 aromatic heterocycles. The van der Waals surface area contributed by atoms with Crippen LogP contribution in [0.1, 0.15) is 53.6 Å². The van der Waals surface area contributed by atoms with Crippen LogP contribution in [-0.2, 0) is 0 Å². The Bertz CT molecular complexity index is 1470. The van der Waals surface area contributed by atoms with Gasteiger partial charge in [-0.1, -0.05) is 42.5 Å². The van der Waals surface area contributed by atoms with Crippen molar-refractivity contribution in [3.05, 3.63) is 112 Å². The van der Waals surface area contributed by atoms with Gasteiger partial charge in [0.25, 0.3) is 5.91 Å². The number of amides is 1. The number of nitrogens with zero attached hydrogens (tertiary/aromatic N) is 2.